The van der Waals surface area contributed by atoms with Crippen LogP contribution < -0.4 is 5.32 Å². The largest absolute Gasteiger partial charge is 0.396 e. The fourth-order valence-electron chi connectivity index (χ4n) is 1.49. The van der Waals surface area contributed by atoms with Crippen LogP contribution in [0.1, 0.15) is 6.42 Å². The van der Waals surface area contributed by atoms with Gasteiger partial charge in [-0.3, -0.25) is 0 Å². The summed E-state index contributed by atoms with van der Waals surface area (Å²) in [5.74, 6) is -0.0134. The molecular weight excluding hydrogens is 306 g/mol. The normalized spacial score (nSPS) is 13.6. The molecule has 0 radical (unpaired) electrons. The summed E-state index contributed by atoms with van der Waals surface area (Å²) in [5.41, 5.74) is 0. The summed E-state index contributed by atoms with van der Waals surface area (Å²) < 4.78 is 24.9. The molecule has 0 amide bonds. The SMILES string of the molecule is CNC(CCO)CS(=O)(=O)c1cccc(Br)c1. The molecule has 0 bridgehead atoms. The van der Waals surface area contributed by atoms with Gasteiger partial charge in [0.1, 0.15) is 0 Å². The fourth-order valence-corrected chi connectivity index (χ4v) is 3.69. The van der Waals surface area contributed by atoms with E-state index in [1.54, 1.807) is 31.3 Å². The quantitative estimate of drug-likeness (QED) is 0.826. The molecule has 1 atom stereocenters. The van der Waals surface area contributed by atoms with E-state index >= 15 is 0 Å². The molecule has 0 fully saturated rings. The summed E-state index contributed by atoms with van der Waals surface area (Å²) >= 11 is 3.25. The molecule has 1 rings (SSSR count). The molecule has 0 aliphatic rings. The number of aliphatic hydroxyl groups is 1. The molecule has 17 heavy (non-hydrogen) atoms. The molecule has 0 aliphatic carbocycles. The predicted molar refractivity (Wildman–Crippen MR) is 70.7 cm³/mol. The van der Waals surface area contributed by atoms with E-state index in [0.717, 1.165) is 4.47 Å². The second-order valence-corrected chi connectivity index (χ2v) is 6.69. The van der Waals surface area contributed by atoms with E-state index in [2.05, 4.69) is 21.2 Å². The Morgan fingerprint density at radius 2 is 2.18 bits per heavy atom. The summed E-state index contributed by atoms with van der Waals surface area (Å²) in [4.78, 5) is 0.296. The number of nitrogens with one attached hydrogen (secondary N) is 1. The molecule has 0 aliphatic heterocycles. The molecule has 96 valence electrons. The summed E-state index contributed by atoms with van der Waals surface area (Å²) in [7, 11) is -1.63. The van der Waals surface area contributed by atoms with Crippen molar-refractivity contribution in [2.75, 3.05) is 19.4 Å². The standard InChI is InChI=1S/C11H16BrNO3S/c1-13-10(5-6-14)8-17(15,16)11-4-2-3-9(12)7-11/h2-4,7,10,13-14H,5-6,8H2,1H3. The van der Waals surface area contributed by atoms with Crippen molar-refractivity contribution < 1.29 is 13.5 Å². The average Bonchev–Trinajstić information content (AvgIpc) is 2.28. The molecule has 0 saturated heterocycles. The number of benzene rings is 1. The van der Waals surface area contributed by atoms with Crippen molar-refractivity contribution in [2.45, 2.75) is 17.4 Å². The number of aliphatic hydroxyl groups excluding tert-OH is 1. The van der Waals surface area contributed by atoms with Gasteiger partial charge < -0.3 is 10.4 Å². The minimum atomic E-state index is -3.32. The Morgan fingerprint density at radius 3 is 2.71 bits per heavy atom. The zero-order valence-corrected chi connectivity index (χ0v) is 12.0. The number of sulfone groups is 1. The minimum Gasteiger partial charge on any atom is -0.396 e. The monoisotopic (exact) mass is 321 g/mol. The molecule has 1 aromatic rings. The highest BCUT2D eigenvalue weighted by Gasteiger charge is 2.20. The van der Waals surface area contributed by atoms with Gasteiger partial charge in [0.2, 0.25) is 0 Å². The Bertz CT molecular complexity index is 462. The van der Waals surface area contributed by atoms with Crippen molar-refractivity contribution in [2.24, 2.45) is 0 Å². The van der Waals surface area contributed by atoms with Crippen molar-refractivity contribution in [1.29, 1.82) is 0 Å². The van der Waals surface area contributed by atoms with E-state index < -0.39 is 9.84 Å². The van der Waals surface area contributed by atoms with E-state index in [4.69, 9.17) is 5.11 Å². The van der Waals surface area contributed by atoms with Gasteiger partial charge in [-0.1, -0.05) is 22.0 Å². The van der Waals surface area contributed by atoms with Crippen molar-refractivity contribution in [1.82, 2.24) is 5.32 Å². The van der Waals surface area contributed by atoms with Gasteiger partial charge in [-0.2, -0.15) is 0 Å². The van der Waals surface area contributed by atoms with E-state index in [1.807, 2.05) is 0 Å². The van der Waals surface area contributed by atoms with Gasteiger partial charge in [0.05, 0.1) is 10.6 Å². The lowest BCUT2D eigenvalue weighted by Gasteiger charge is -2.15. The first-order chi connectivity index (χ1) is 7.99. The molecule has 4 nitrogen and oxygen atoms in total. The lowest BCUT2D eigenvalue weighted by Crippen LogP contribution is -2.33. The third-order valence-electron chi connectivity index (χ3n) is 2.46. The third kappa shape index (κ3) is 4.39. The lowest BCUT2D eigenvalue weighted by atomic mass is 10.2. The highest BCUT2D eigenvalue weighted by atomic mass is 79.9. The summed E-state index contributed by atoms with van der Waals surface area (Å²) in [6.45, 7) is -0.0283. The van der Waals surface area contributed by atoms with Gasteiger partial charge in [0.15, 0.2) is 9.84 Å². The van der Waals surface area contributed by atoms with Crippen LogP contribution in [0.15, 0.2) is 33.6 Å². The molecule has 6 heteroatoms. The molecule has 0 heterocycles. The zero-order valence-electron chi connectivity index (χ0n) is 9.56. The van der Waals surface area contributed by atoms with Gasteiger partial charge in [0, 0.05) is 17.1 Å². The molecule has 1 aromatic carbocycles. The van der Waals surface area contributed by atoms with Crippen molar-refractivity contribution in [3.8, 4) is 0 Å². The van der Waals surface area contributed by atoms with Crippen LogP contribution in [0.2, 0.25) is 0 Å². The maximum Gasteiger partial charge on any atom is 0.179 e. The second-order valence-electron chi connectivity index (χ2n) is 3.74. The first-order valence-electron chi connectivity index (χ1n) is 5.26. The first kappa shape index (κ1) is 14.6. The molecule has 0 saturated carbocycles. The number of rotatable bonds is 6. The van der Waals surface area contributed by atoms with E-state index in [-0.39, 0.29) is 18.4 Å². The maximum absolute atomic E-state index is 12.1. The second kappa shape index (κ2) is 6.49. The summed E-state index contributed by atoms with van der Waals surface area (Å²) in [6, 6.07) is 6.40. The van der Waals surface area contributed by atoms with Crippen molar-refractivity contribution in [3.05, 3.63) is 28.7 Å². The highest BCUT2D eigenvalue weighted by molar-refractivity contribution is 9.10. The molecular formula is C11H16BrNO3S. The van der Waals surface area contributed by atoms with Crippen molar-refractivity contribution >= 4 is 25.8 Å². The van der Waals surface area contributed by atoms with Crippen LogP contribution in [-0.2, 0) is 9.84 Å². The lowest BCUT2D eigenvalue weighted by molar-refractivity contribution is 0.272. The number of hydrogen-bond donors (Lipinski definition) is 2. The predicted octanol–water partition coefficient (Wildman–Crippen LogP) is 1.19. The fraction of sp³-hybridized carbons (Fsp3) is 0.455. The highest BCUT2D eigenvalue weighted by Crippen LogP contribution is 2.18. The molecule has 1 unspecified atom stereocenters. The first-order valence-corrected chi connectivity index (χ1v) is 7.70. The molecule has 0 aromatic heterocycles. The number of halogens is 1. The Labute approximate surface area is 110 Å². The Balaban J connectivity index is 2.88. The molecule has 0 spiro atoms. The van der Waals surface area contributed by atoms with Gasteiger partial charge >= 0.3 is 0 Å². The third-order valence-corrected chi connectivity index (χ3v) is 4.77. The van der Waals surface area contributed by atoms with Gasteiger partial charge in [-0.15, -0.1) is 0 Å². The van der Waals surface area contributed by atoms with Crippen LogP contribution in [0.5, 0.6) is 0 Å². The van der Waals surface area contributed by atoms with Gasteiger partial charge in [-0.05, 0) is 31.7 Å². The van der Waals surface area contributed by atoms with Crippen molar-refractivity contribution in [3.63, 3.8) is 0 Å². The van der Waals surface area contributed by atoms with Crippen LogP contribution >= 0.6 is 15.9 Å². The summed E-state index contributed by atoms with van der Waals surface area (Å²) in [5, 5.41) is 11.7. The van der Waals surface area contributed by atoms with E-state index in [9.17, 15) is 8.42 Å². The smallest absolute Gasteiger partial charge is 0.179 e. The molecule has 2 N–H and O–H groups in total. The zero-order chi connectivity index (χ0) is 12.9. The van der Waals surface area contributed by atoms with Crippen LogP contribution in [-0.4, -0.2) is 39.0 Å². The Morgan fingerprint density at radius 1 is 1.47 bits per heavy atom. The maximum atomic E-state index is 12.1. The average molecular weight is 322 g/mol. The van der Waals surface area contributed by atoms with Gasteiger partial charge in [0.25, 0.3) is 0 Å². The van der Waals surface area contributed by atoms with E-state index in [0.29, 0.717) is 11.3 Å². The van der Waals surface area contributed by atoms with E-state index in [1.165, 1.54) is 0 Å². The van der Waals surface area contributed by atoms with Crippen LogP contribution in [0.3, 0.4) is 0 Å². The number of hydrogen-bond acceptors (Lipinski definition) is 4. The Kier molecular flexibility index (Phi) is 5.58. The topological polar surface area (TPSA) is 66.4 Å². The summed E-state index contributed by atoms with van der Waals surface area (Å²) in [6.07, 6.45) is 0.420. The Hall–Kier alpha value is -0.430. The van der Waals surface area contributed by atoms with Crippen LogP contribution in [0.4, 0.5) is 0 Å². The van der Waals surface area contributed by atoms with Gasteiger partial charge in [-0.25, -0.2) is 8.42 Å². The van der Waals surface area contributed by atoms with Crippen LogP contribution in [0.25, 0.3) is 0 Å². The van der Waals surface area contributed by atoms with Crippen LogP contribution in [0, 0.1) is 0 Å². The minimum absolute atomic E-state index is 0.0134.